The maximum atomic E-state index is 13.7. The number of benzene rings is 1. The molecule has 1 aliphatic rings. The van der Waals surface area contributed by atoms with Gasteiger partial charge in [0.25, 0.3) is 6.02 Å². The normalized spacial score (nSPS) is 24.9. The van der Waals surface area contributed by atoms with Crippen molar-refractivity contribution in [3.05, 3.63) is 34.6 Å². The van der Waals surface area contributed by atoms with Crippen molar-refractivity contribution in [1.82, 2.24) is 0 Å². The molecule has 1 aliphatic heterocycles. The molecule has 80 valence electrons. The summed E-state index contributed by atoms with van der Waals surface area (Å²) in [5.41, 5.74) is 5.03. The minimum absolute atomic E-state index is 0.0781. The van der Waals surface area contributed by atoms with Gasteiger partial charge in [0.2, 0.25) is 0 Å². The lowest BCUT2D eigenvalue weighted by atomic mass is 9.94. The summed E-state index contributed by atoms with van der Waals surface area (Å²) in [5.74, 6) is -0.469. The first-order valence-electron chi connectivity index (χ1n) is 4.45. The smallest absolute Gasteiger partial charge is 0.283 e. The SMILES string of the molecule is C[C@]1(c2cccc(Cl)c2F)COC(N)=N1. The third-order valence-electron chi connectivity index (χ3n) is 2.39. The molecular formula is C10H10ClFN2O. The molecule has 2 N–H and O–H groups in total. The van der Waals surface area contributed by atoms with Crippen molar-refractivity contribution in [1.29, 1.82) is 0 Å². The number of halogens is 2. The molecule has 0 saturated carbocycles. The fourth-order valence-corrected chi connectivity index (χ4v) is 1.75. The molecule has 0 saturated heterocycles. The quantitative estimate of drug-likeness (QED) is 0.800. The zero-order chi connectivity index (χ0) is 11.1. The minimum Gasteiger partial charge on any atom is -0.462 e. The van der Waals surface area contributed by atoms with Crippen LogP contribution in [0.15, 0.2) is 23.2 Å². The van der Waals surface area contributed by atoms with E-state index in [2.05, 4.69) is 4.99 Å². The molecule has 0 fully saturated rings. The molecule has 0 aliphatic carbocycles. The van der Waals surface area contributed by atoms with Crippen LogP contribution in [0.3, 0.4) is 0 Å². The van der Waals surface area contributed by atoms with E-state index in [0.29, 0.717) is 5.56 Å². The lowest BCUT2D eigenvalue weighted by Crippen LogP contribution is -2.22. The summed E-state index contributed by atoms with van der Waals surface area (Å²) < 4.78 is 18.8. The molecule has 5 heteroatoms. The van der Waals surface area contributed by atoms with Crippen molar-refractivity contribution >= 4 is 17.6 Å². The number of nitrogens with zero attached hydrogens (tertiary/aromatic N) is 1. The van der Waals surface area contributed by atoms with Crippen LogP contribution in [0.2, 0.25) is 5.02 Å². The number of hydrogen-bond donors (Lipinski definition) is 1. The number of hydrogen-bond acceptors (Lipinski definition) is 3. The maximum Gasteiger partial charge on any atom is 0.283 e. The number of nitrogens with two attached hydrogens (primary N) is 1. The van der Waals surface area contributed by atoms with E-state index in [1.54, 1.807) is 19.1 Å². The summed E-state index contributed by atoms with van der Waals surface area (Å²) >= 11 is 5.70. The maximum absolute atomic E-state index is 13.7. The van der Waals surface area contributed by atoms with Gasteiger partial charge in [0.1, 0.15) is 18.0 Å². The first-order chi connectivity index (χ1) is 7.03. The summed E-state index contributed by atoms with van der Waals surface area (Å²) in [7, 11) is 0. The average Bonchev–Trinajstić information content (AvgIpc) is 2.52. The van der Waals surface area contributed by atoms with Crippen LogP contribution in [0.5, 0.6) is 0 Å². The number of aliphatic imine (C=N–C) groups is 1. The molecule has 1 atom stereocenters. The van der Waals surface area contributed by atoms with Gasteiger partial charge in [-0.15, -0.1) is 0 Å². The van der Waals surface area contributed by atoms with Gasteiger partial charge in [-0.25, -0.2) is 9.38 Å². The standard InChI is InChI=1S/C10H10ClFN2O/c1-10(5-15-9(13)14-10)6-3-2-4-7(11)8(6)12/h2-4H,5H2,1H3,(H2,13,14)/t10-/m1/s1. The number of amidine groups is 1. The van der Waals surface area contributed by atoms with Gasteiger partial charge in [-0.2, -0.15) is 0 Å². The van der Waals surface area contributed by atoms with Gasteiger partial charge in [0, 0.05) is 5.56 Å². The first kappa shape index (κ1) is 10.2. The molecule has 1 aromatic rings. The Morgan fingerprint density at radius 2 is 2.33 bits per heavy atom. The Labute approximate surface area is 91.7 Å². The van der Waals surface area contributed by atoms with Gasteiger partial charge in [-0.05, 0) is 13.0 Å². The molecule has 3 nitrogen and oxygen atoms in total. The second-order valence-electron chi connectivity index (χ2n) is 3.61. The van der Waals surface area contributed by atoms with Crippen molar-refractivity contribution < 1.29 is 9.13 Å². The number of rotatable bonds is 1. The Kier molecular flexibility index (Phi) is 2.31. The minimum atomic E-state index is -0.779. The molecule has 1 heterocycles. The van der Waals surface area contributed by atoms with Crippen LogP contribution in [-0.2, 0) is 10.3 Å². The van der Waals surface area contributed by atoms with Gasteiger partial charge in [0.15, 0.2) is 0 Å². The van der Waals surface area contributed by atoms with Crippen LogP contribution in [0.4, 0.5) is 4.39 Å². The van der Waals surface area contributed by atoms with E-state index in [9.17, 15) is 4.39 Å². The van der Waals surface area contributed by atoms with Crippen LogP contribution < -0.4 is 5.73 Å². The predicted octanol–water partition coefficient (Wildman–Crippen LogP) is 2.04. The van der Waals surface area contributed by atoms with Crippen molar-refractivity contribution in [2.75, 3.05) is 6.61 Å². The van der Waals surface area contributed by atoms with Crippen molar-refractivity contribution in [3.63, 3.8) is 0 Å². The van der Waals surface area contributed by atoms with Gasteiger partial charge >= 0.3 is 0 Å². The average molecular weight is 229 g/mol. The van der Waals surface area contributed by atoms with E-state index in [4.69, 9.17) is 22.1 Å². The lowest BCUT2D eigenvalue weighted by molar-refractivity contribution is 0.262. The van der Waals surface area contributed by atoms with E-state index >= 15 is 0 Å². The molecular weight excluding hydrogens is 219 g/mol. The second-order valence-corrected chi connectivity index (χ2v) is 4.02. The molecule has 1 aromatic carbocycles. The largest absolute Gasteiger partial charge is 0.462 e. The Morgan fingerprint density at radius 1 is 1.60 bits per heavy atom. The summed E-state index contributed by atoms with van der Waals surface area (Å²) in [6.45, 7) is 1.98. The summed E-state index contributed by atoms with van der Waals surface area (Å²) in [4.78, 5) is 4.07. The molecule has 0 radical (unpaired) electrons. The summed E-state index contributed by atoms with van der Waals surface area (Å²) in [5, 5.41) is 0.0781. The van der Waals surface area contributed by atoms with E-state index in [-0.39, 0.29) is 17.7 Å². The molecule has 0 unspecified atom stereocenters. The van der Waals surface area contributed by atoms with E-state index < -0.39 is 11.4 Å². The van der Waals surface area contributed by atoms with Gasteiger partial charge in [0.05, 0.1) is 5.02 Å². The highest BCUT2D eigenvalue weighted by Gasteiger charge is 2.35. The van der Waals surface area contributed by atoms with Crippen LogP contribution in [0, 0.1) is 5.82 Å². The summed E-state index contributed by atoms with van der Waals surface area (Å²) in [6, 6.07) is 4.88. The van der Waals surface area contributed by atoms with Gasteiger partial charge in [-0.3, -0.25) is 0 Å². The predicted molar refractivity (Wildman–Crippen MR) is 56.3 cm³/mol. The molecule has 15 heavy (non-hydrogen) atoms. The number of ether oxygens (including phenoxy) is 1. The molecule has 2 rings (SSSR count). The summed E-state index contributed by atoms with van der Waals surface area (Å²) in [6.07, 6.45) is 0. The Morgan fingerprint density at radius 3 is 2.93 bits per heavy atom. The van der Waals surface area contributed by atoms with Crippen LogP contribution in [0.25, 0.3) is 0 Å². The van der Waals surface area contributed by atoms with E-state index in [1.807, 2.05) is 0 Å². The first-order valence-corrected chi connectivity index (χ1v) is 4.83. The topological polar surface area (TPSA) is 47.6 Å². The lowest BCUT2D eigenvalue weighted by Gasteiger charge is -2.19. The fourth-order valence-electron chi connectivity index (χ4n) is 1.58. The highest BCUT2D eigenvalue weighted by Crippen LogP contribution is 2.33. The van der Waals surface area contributed by atoms with E-state index in [0.717, 1.165) is 0 Å². The van der Waals surface area contributed by atoms with Gasteiger partial charge < -0.3 is 10.5 Å². The molecule has 0 amide bonds. The molecule has 0 aromatic heterocycles. The zero-order valence-corrected chi connectivity index (χ0v) is 8.88. The van der Waals surface area contributed by atoms with Crippen LogP contribution >= 0.6 is 11.6 Å². The second kappa shape index (κ2) is 3.38. The fraction of sp³-hybridized carbons (Fsp3) is 0.300. The van der Waals surface area contributed by atoms with Crippen molar-refractivity contribution in [3.8, 4) is 0 Å². The van der Waals surface area contributed by atoms with E-state index in [1.165, 1.54) is 6.07 Å². The highest BCUT2D eigenvalue weighted by atomic mass is 35.5. The third-order valence-corrected chi connectivity index (χ3v) is 2.68. The van der Waals surface area contributed by atoms with Gasteiger partial charge in [-0.1, -0.05) is 23.7 Å². The molecule has 0 spiro atoms. The van der Waals surface area contributed by atoms with Crippen LogP contribution in [0.1, 0.15) is 12.5 Å². The third kappa shape index (κ3) is 1.65. The monoisotopic (exact) mass is 228 g/mol. The van der Waals surface area contributed by atoms with Crippen molar-refractivity contribution in [2.45, 2.75) is 12.5 Å². The Hall–Kier alpha value is -1.29. The van der Waals surface area contributed by atoms with Crippen molar-refractivity contribution in [2.24, 2.45) is 10.7 Å². The molecule has 0 bridgehead atoms. The van der Waals surface area contributed by atoms with Crippen LogP contribution in [-0.4, -0.2) is 12.6 Å². The highest BCUT2D eigenvalue weighted by molar-refractivity contribution is 6.30. The Balaban J connectivity index is 2.50. The Bertz CT molecular complexity index is 435. The zero-order valence-electron chi connectivity index (χ0n) is 8.13.